The molecule has 0 amide bonds. The molecule has 1 saturated heterocycles. The number of ketones is 1. The summed E-state index contributed by atoms with van der Waals surface area (Å²) in [5.74, 6) is 0.188. The largest absolute Gasteiger partial charge is 0.305 e. The van der Waals surface area contributed by atoms with Crippen molar-refractivity contribution in [2.75, 3.05) is 33.7 Å². The van der Waals surface area contributed by atoms with Gasteiger partial charge in [0.2, 0.25) is 0 Å². The van der Waals surface area contributed by atoms with Crippen molar-refractivity contribution in [1.82, 2.24) is 9.80 Å². The molecule has 2 unspecified atom stereocenters. The number of carbonyl (C=O) groups is 1. The predicted octanol–water partition coefficient (Wildman–Crippen LogP) is 1.89. The van der Waals surface area contributed by atoms with Gasteiger partial charge in [-0.3, -0.25) is 9.69 Å². The highest BCUT2D eigenvalue weighted by atomic mass is 19.1. The van der Waals surface area contributed by atoms with Crippen molar-refractivity contribution in [3.63, 3.8) is 0 Å². The average Bonchev–Trinajstić information content (AvgIpc) is 2.70. The first kappa shape index (κ1) is 14.2. The second-order valence-electron chi connectivity index (χ2n) is 5.64. The van der Waals surface area contributed by atoms with Crippen molar-refractivity contribution >= 4 is 5.78 Å². The zero-order chi connectivity index (χ0) is 14.0. The molecule has 19 heavy (non-hydrogen) atoms. The van der Waals surface area contributed by atoms with E-state index in [9.17, 15) is 9.18 Å². The molecule has 1 fully saturated rings. The van der Waals surface area contributed by atoms with Crippen LogP contribution < -0.4 is 0 Å². The Labute approximate surface area is 114 Å². The van der Waals surface area contributed by atoms with Gasteiger partial charge in [-0.2, -0.15) is 0 Å². The smallest absolute Gasteiger partial charge is 0.176 e. The number of hydrogen-bond acceptors (Lipinski definition) is 3. The molecule has 2 atom stereocenters. The summed E-state index contributed by atoms with van der Waals surface area (Å²) < 4.78 is 13.1. The minimum Gasteiger partial charge on any atom is -0.305 e. The van der Waals surface area contributed by atoms with Crippen molar-refractivity contribution in [3.05, 3.63) is 35.6 Å². The standard InChI is InChI=1S/C15H21FN2O/c1-11-8-18(9-14(11)17(2)3)10-15(19)12-5-4-6-13(16)7-12/h4-7,11,14H,8-10H2,1-3H3. The molecule has 0 saturated carbocycles. The Balaban J connectivity index is 1.97. The lowest BCUT2D eigenvalue weighted by Gasteiger charge is -2.22. The van der Waals surface area contributed by atoms with Crippen LogP contribution in [0.15, 0.2) is 24.3 Å². The van der Waals surface area contributed by atoms with Gasteiger partial charge in [0, 0.05) is 24.7 Å². The molecule has 0 radical (unpaired) electrons. The van der Waals surface area contributed by atoms with Crippen LogP contribution in [0.2, 0.25) is 0 Å². The number of carbonyl (C=O) groups excluding carboxylic acids is 1. The van der Waals surface area contributed by atoms with Gasteiger partial charge in [0.25, 0.3) is 0 Å². The van der Waals surface area contributed by atoms with Gasteiger partial charge in [-0.25, -0.2) is 4.39 Å². The summed E-state index contributed by atoms with van der Waals surface area (Å²) >= 11 is 0. The van der Waals surface area contributed by atoms with Gasteiger partial charge in [0.15, 0.2) is 5.78 Å². The Kier molecular flexibility index (Phi) is 4.32. The van der Waals surface area contributed by atoms with E-state index >= 15 is 0 Å². The van der Waals surface area contributed by atoms with Crippen LogP contribution in [-0.2, 0) is 0 Å². The highest BCUT2D eigenvalue weighted by Gasteiger charge is 2.31. The summed E-state index contributed by atoms with van der Waals surface area (Å²) in [6, 6.07) is 6.41. The lowest BCUT2D eigenvalue weighted by atomic mass is 10.1. The average molecular weight is 264 g/mol. The molecule has 1 aliphatic heterocycles. The minimum atomic E-state index is -0.355. The minimum absolute atomic E-state index is 0.00824. The first-order valence-corrected chi connectivity index (χ1v) is 6.65. The maximum atomic E-state index is 13.1. The molecule has 1 aliphatic rings. The van der Waals surface area contributed by atoms with E-state index in [4.69, 9.17) is 0 Å². The number of hydrogen-bond donors (Lipinski definition) is 0. The van der Waals surface area contributed by atoms with E-state index in [1.807, 2.05) is 0 Å². The highest BCUT2D eigenvalue weighted by molar-refractivity contribution is 5.97. The molecule has 1 aromatic carbocycles. The Bertz CT molecular complexity index is 461. The van der Waals surface area contributed by atoms with Crippen molar-refractivity contribution in [2.45, 2.75) is 13.0 Å². The van der Waals surface area contributed by atoms with Crippen LogP contribution in [0.5, 0.6) is 0 Å². The summed E-state index contributed by atoms with van der Waals surface area (Å²) in [5, 5.41) is 0. The molecule has 0 spiro atoms. The van der Waals surface area contributed by atoms with Gasteiger partial charge >= 0.3 is 0 Å². The molecule has 0 aliphatic carbocycles. The Hall–Kier alpha value is -1.26. The molecule has 0 bridgehead atoms. The fourth-order valence-corrected chi connectivity index (χ4v) is 2.81. The zero-order valence-corrected chi connectivity index (χ0v) is 11.8. The lowest BCUT2D eigenvalue weighted by Crippen LogP contribution is -2.35. The first-order valence-electron chi connectivity index (χ1n) is 6.65. The van der Waals surface area contributed by atoms with E-state index in [1.54, 1.807) is 12.1 Å². The van der Waals surface area contributed by atoms with Crippen LogP contribution in [0.25, 0.3) is 0 Å². The summed E-state index contributed by atoms with van der Waals surface area (Å²) in [6.45, 7) is 4.40. The number of nitrogens with zero attached hydrogens (tertiary/aromatic N) is 2. The number of likely N-dealkylation sites (tertiary alicyclic amines) is 1. The number of rotatable bonds is 4. The molecule has 1 aromatic rings. The summed E-state index contributed by atoms with van der Waals surface area (Å²) in [5.41, 5.74) is 0.459. The third kappa shape index (κ3) is 3.39. The topological polar surface area (TPSA) is 23.6 Å². The van der Waals surface area contributed by atoms with Gasteiger partial charge < -0.3 is 4.90 Å². The summed E-state index contributed by atoms with van der Waals surface area (Å²) in [6.07, 6.45) is 0. The Morgan fingerprint density at radius 3 is 2.74 bits per heavy atom. The van der Waals surface area contributed by atoms with Crippen LogP contribution in [0.4, 0.5) is 4.39 Å². The second-order valence-corrected chi connectivity index (χ2v) is 5.64. The number of benzene rings is 1. The van der Waals surface area contributed by atoms with Gasteiger partial charge in [-0.15, -0.1) is 0 Å². The molecular weight excluding hydrogens is 243 g/mol. The normalized spacial score (nSPS) is 24.1. The van der Waals surface area contributed by atoms with Gasteiger partial charge in [-0.05, 0) is 32.1 Å². The quantitative estimate of drug-likeness (QED) is 0.776. The fourth-order valence-electron chi connectivity index (χ4n) is 2.81. The predicted molar refractivity (Wildman–Crippen MR) is 73.8 cm³/mol. The molecule has 3 nitrogen and oxygen atoms in total. The highest BCUT2D eigenvalue weighted by Crippen LogP contribution is 2.20. The summed E-state index contributed by atoms with van der Waals surface area (Å²) in [4.78, 5) is 16.5. The van der Waals surface area contributed by atoms with Gasteiger partial charge in [-0.1, -0.05) is 19.1 Å². The van der Waals surface area contributed by atoms with Crippen LogP contribution in [-0.4, -0.2) is 55.4 Å². The van der Waals surface area contributed by atoms with E-state index in [0.717, 1.165) is 13.1 Å². The van der Waals surface area contributed by atoms with Crippen molar-refractivity contribution in [1.29, 1.82) is 0 Å². The van der Waals surface area contributed by atoms with E-state index < -0.39 is 0 Å². The zero-order valence-electron chi connectivity index (χ0n) is 11.8. The van der Waals surface area contributed by atoms with Crippen LogP contribution >= 0.6 is 0 Å². The number of Topliss-reactive ketones (excluding diaryl/α,β-unsaturated/α-hetero) is 1. The van der Waals surface area contributed by atoms with Gasteiger partial charge in [0.05, 0.1) is 6.54 Å². The van der Waals surface area contributed by atoms with E-state index in [2.05, 4.69) is 30.8 Å². The van der Waals surface area contributed by atoms with Gasteiger partial charge in [0.1, 0.15) is 5.82 Å². The van der Waals surface area contributed by atoms with Crippen LogP contribution in [0.1, 0.15) is 17.3 Å². The molecule has 2 rings (SSSR count). The van der Waals surface area contributed by atoms with E-state index in [-0.39, 0.29) is 11.6 Å². The van der Waals surface area contributed by atoms with E-state index in [1.165, 1.54) is 12.1 Å². The maximum Gasteiger partial charge on any atom is 0.176 e. The molecule has 104 valence electrons. The van der Waals surface area contributed by atoms with Crippen molar-refractivity contribution in [3.8, 4) is 0 Å². The molecule has 1 heterocycles. The summed E-state index contributed by atoms with van der Waals surface area (Å²) in [7, 11) is 4.14. The monoisotopic (exact) mass is 264 g/mol. The fraction of sp³-hybridized carbons (Fsp3) is 0.533. The Morgan fingerprint density at radius 2 is 2.16 bits per heavy atom. The van der Waals surface area contributed by atoms with E-state index in [0.29, 0.717) is 24.1 Å². The molecular formula is C15H21FN2O. The number of likely N-dealkylation sites (N-methyl/N-ethyl adjacent to an activating group) is 1. The van der Waals surface area contributed by atoms with Crippen molar-refractivity contribution < 1.29 is 9.18 Å². The Morgan fingerprint density at radius 1 is 1.42 bits per heavy atom. The second kappa shape index (κ2) is 5.80. The van der Waals surface area contributed by atoms with Crippen LogP contribution in [0.3, 0.4) is 0 Å². The van der Waals surface area contributed by atoms with Crippen molar-refractivity contribution in [2.24, 2.45) is 5.92 Å². The third-order valence-electron chi connectivity index (χ3n) is 3.83. The third-order valence-corrected chi connectivity index (χ3v) is 3.83. The first-order chi connectivity index (χ1) is 8.97. The van der Waals surface area contributed by atoms with Crippen LogP contribution in [0, 0.1) is 11.7 Å². The maximum absolute atomic E-state index is 13.1. The lowest BCUT2D eigenvalue weighted by molar-refractivity contribution is 0.0940. The molecule has 0 N–H and O–H groups in total. The molecule has 4 heteroatoms. The molecule has 0 aromatic heterocycles. The number of halogens is 1. The SMILES string of the molecule is CC1CN(CC(=O)c2cccc(F)c2)CC1N(C)C.